The molecule has 2 aliphatic heterocycles. The molecule has 0 spiro atoms. The van der Waals surface area contributed by atoms with Crippen LogP contribution in [0.3, 0.4) is 0 Å². The van der Waals surface area contributed by atoms with E-state index in [-0.39, 0.29) is 51.0 Å². The average Bonchev–Trinajstić information content (AvgIpc) is 3.31. The van der Waals surface area contributed by atoms with Gasteiger partial charge in [-0.05, 0) is 0 Å². The number of carbonyl (C=O) groups excluding carboxylic acids is 7. The van der Waals surface area contributed by atoms with Crippen LogP contribution in [-0.2, 0) is 52.7 Å². The molecule has 0 aromatic heterocycles. The molecule has 0 aliphatic carbocycles. The highest BCUT2D eigenvalue weighted by Gasteiger charge is 2.33. The van der Waals surface area contributed by atoms with E-state index in [1.54, 1.807) is 13.8 Å². The van der Waals surface area contributed by atoms with Gasteiger partial charge in [0.05, 0.1) is 0 Å². The lowest BCUT2D eigenvalue weighted by Crippen LogP contribution is -2.33. The number of rotatable bonds is 7. The molecule has 36 heavy (non-hydrogen) atoms. The van der Waals surface area contributed by atoms with Crippen molar-refractivity contribution in [3.8, 4) is 12.8 Å². The van der Waals surface area contributed by atoms with Crippen molar-refractivity contribution in [2.75, 3.05) is 13.2 Å². The molecule has 202 valence electrons. The molecule has 2 saturated heterocycles. The average molecular weight is 519 g/mol. The second-order valence-electron chi connectivity index (χ2n) is 6.07. The third kappa shape index (κ3) is 15.5. The molecule has 0 saturated carbocycles. The Morgan fingerprint density at radius 1 is 0.833 bits per heavy atom. The molecule has 2 heterocycles. The second kappa shape index (κ2) is 20.1. The van der Waals surface area contributed by atoms with E-state index in [9.17, 15) is 38.4 Å². The number of carboxylic acids is 1. The number of hydroxylamine groups is 4. The van der Waals surface area contributed by atoms with E-state index in [0.29, 0.717) is 5.06 Å². The Hall–Kier alpha value is -4.32. The fourth-order valence-corrected chi connectivity index (χ4v) is 1.84. The molecule has 0 aromatic rings. The van der Waals surface area contributed by atoms with Gasteiger partial charge in [-0.2, -0.15) is 5.06 Å². The summed E-state index contributed by atoms with van der Waals surface area (Å²) >= 11 is 0. The first kappa shape index (κ1) is 33.9. The predicted molar refractivity (Wildman–Crippen MR) is 117 cm³/mol. The maximum absolute atomic E-state index is 11.1. The van der Waals surface area contributed by atoms with Crippen LogP contribution in [0.25, 0.3) is 0 Å². The largest absolute Gasteiger partial charge is 0.479 e. The van der Waals surface area contributed by atoms with Crippen molar-refractivity contribution >= 4 is 47.5 Å². The fraction of sp³-hybridized carbons (Fsp3) is 0.524. The summed E-state index contributed by atoms with van der Waals surface area (Å²) < 4.78 is 14.4. The quantitative estimate of drug-likeness (QED) is 0.196. The molecule has 0 radical (unpaired) electrons. The van der Waals surface area contributed by atoms with Gasteiger partial charge in [0.2, 0.25) is 0 Å². The molecule has 15 heteroatoms. The maximum Gasteiger partial charge on any atom is 0.370 e. The van der Waals surface area contributed by atoms with Crippen LogP contribution in [0.1, 0.15) is 61.2 Å². The molecule has 2 aliphatic rings. The predicted octanol–water partition coefficient (Wildman–Crippen LogP) is -0.0189. The zero-order valence-electron chi connectivity index (χ0n) is 20.0. The van der Waals surface area contributed by atoms with Crippen LogP contribution in [-0.4, -0.2) is 81.2 Å². The van der Waals surface area contributed by atoms with E-state index < -0.39 is 60.7 Å². The van der Waals surface area contributed by atoms with Crippen LogP contribution in [0.4, 0.5) is 0 Å². The second-order valence-corrected chi connectivity index (χ2v) is 6.07. The van der Waals surface area contributed by atoms with E-state index >= 15 is 0 Å². The zero-order chi connectivity index (χ0) is 28.3. The van der Waals surface area contributed by atoms with Gasteiger partial charge in [0.25, 0.3) is 23.6 Å². The van der Waals surface area contributed by atoms with Crippen molar-refractivity contribution in [2.45, 2.75) is 59.8 Å². The van der Waals surface area contributed by atoms with Crippen molar-refractivity contribution in [2.24, 2.45) is 0 Å². The van der Waals surface area contributed by atoms with E-state index in [1.165, 1.54) is 6.40 Å². The molecule has 2 fully saturated rings. The smallest absolute Gasteiger partial charge is 0.370 e. The minimum absolute atomic E-state index is 0. The van der Waals surface area contributed by atoms with Crippen molar-refractivity contribution < 1.29 is 64.4 Å². The normalized spacial score (nSPS) is 13.7. The third-order valence-electron chi connectivity index (χ3n) is 3.51. The van der Waals surface area contributed by atoms with Gasteiger partial charge < -0.3 is 19.4 Å². The van der Waals surface area contributed by atoms with Gasteiger partial charge in [-0.25, -0.2) is 9.59 Å². The van der Waals surface area contributed by atoms with Crippen molar-refractivity contribution in [3.05, 3.63) is 0 Å². The molecular weight excluding hydrogens is 488 g/mol. The number of ether oxygens (including phenoxy) is 2. The SMILES string of the molecule is C.CCC(=O)OCC(=O)O.CCC(=O)OCC(=O)ON1C(=O)CCC1=O.O=C1CCC(=O)N1O.[2H]C#C. The van der Waals surface area contributed by atoms with Crippen LogP contribution in [0, 0.1) is 12.8 Å². The minimum Gasteiger partial charge on any atom is -0.479 e. The molecule has 4 amide bonds. The molecular formula is C21H30N2O13. The van der Waals surface area contributed by atoms with Gasteiger partial charge in [-0.15, -0.1) is 17.9 Å². The summed E-state index contributed by atoms with van der Waals surface area (Å²) in [5, 5.41) is 17.0. The van der Waals surface area contributed by atoms with Crippen molar-refractivity contribution in [1.82, 2.24) is 10.1 Å². The molecule has 0 atom stereocenters. The van der Waals surface area contributed by atoms with E-state index in [2.05, 4.69) is 20.7 Å². The summed E-state index contributed by atoms with van der Waals surface area (Å²) in [5.74, 6) is -5.28. The van der Waals surface area contributed by atoms with Crippen LogP contribution < -0.4 is 0 Å². The number of esters is 2. The maximum atomic E-state index is 11.1. The Bertz CT molecular complexity index is 850. The standard InChI is InChI=1S/C9H11NO6.C5H8O4.C4H5NO3.C2H2.CH4/c1-2-8(13)15-5-9(14)16-10-6(11)3-4-7(10)12;1-2-5(8)9-3-4(6)7;6-3-1-2-4(7)5(3)8;1-2;/h2-5H2,1H3;2-3H2,1H3,(H,6,7);8H,1-2H2;1-2H;1H4/i;;;1D;. The first-order chi connectivity index (χ1) is 16.8. The van der Waals surface area contributed by atoms with Crippen LogP contribution in [0.2, 0.25) is 0 Å². The van der Waals surface area contributed by atoms with Gasteiger partial charge in [0.15, 0.2) is 13.2 Å². The van der Waals surface area contributed by atoms with E-state index in [1.807, 2.05) is 0 Å². The summed E-state index contributed by atoms with van der Waals surface area (Å²) in [4.78, 5) is 88.7. The summed E-state index contributed by atoms with van der Waals surface area (Å²) in [6, 6.07) is 0. The first-order valence-electron chi connectivity index (χ1n) is 10.4. The topological polar surface area (TPSA) is 211 Å². The molecule has 0 bridgehead atoms. The van der Waals surface area contributed by atoms with Gasteiger partial charge in [0.1, 0.15) is 1.37 Å². The van der Waals surface area contributed by atoms with Gasteiger partial charge >= 0.3 is 23.9 Å². The van der Waals surface area contributed by atoms with Crippen LogP contribution >= 0.6 is 0 Å². The number of nitrogens with zero attached hydrogens (tertiary/aromatic N) is 2. The number of terminal acetylenes is 1. The highest BCUT2D eigenvalue weighted by atomic mass is 16.7. The Balaban J connectivity index is -0.000000470. The highest BCUT2D eigenvalue weighted by molar-refractivity contribution is 6.01. The Morgan fingerprint density at radius 3 is 1.50 bits per heavy atom. The summed E-state index contributed by atoms with van der Waals surface area (Å²) in [6.45, 7) is 2.03. The summed E-state index contributed by atoms with van der Waals surface area (Å²) in [5.41, 5.74) is 0. The molecule has 0 unspecified atom stereocenters. The highest BCUT2D eigenvalue weighted by Crippen LogP contribution is 2.12. The van der Waals surface area contributed by atoms with Gasteiger partial charge in [0, 0.05) is 38.5 Å². The Kier molecular flexibility index (Phi) is 18.9. The minimum atomic E-state index is -1.13. The lowest BCUT2D eigenvalue weighted by Gasteiger charge is -2.12. The van der Waals surface area contributed by atoms with Crippen LogP contribution in [0.5, 0.6) is 0 Å². The fourth-order valence-electron chi connectivity index (χ4n) is 1.84. The number of hydrogen-bond acceptors (Lipinski definition) is 12. The molecule has 0 aromatic carbocycles. The Morgan fingerprint density at radius 2 is 1.19 bits per heavy atom. The van der Waals surface area contributed by atoms with Crippen molar-refractivity contribution in [1.29, 1.82) is 0 Å². The van der Waals surface area contributed by atoms with Gasteiger partial charge in [-0.1, -0.05) is 21.3 Å². The lowest BCUT2D eigenvalue weighted by molar-refractivity contribution is -0.200. The lowest BCUT2D eigenvalue weighted by atomic mass is 10.4. The van der Waals surface area contributed by atoms with Crippen molar-refractivity contribution in [3.63, 3.8) is 0 Å². The number of carboxylic acid groups (broad SMARTS) is 1. The van der Waals surface area contributed by atoms with E-state index in [0.717, 1.165) is 0 Å². The first-order valence-corrected chi connectivity index (χ1v) is 9.85. The molecule has 15 nitrogen and oxygen atoms in total. The number of imide groups is 2. The Labute approximate surface area is 208 Å². The molecule has 2 N–H and O–H groups in total. The number of aliphatic carboxylic acids is 1. The number of carbonyl (C=O) groups is 8. The zero-order valence-corrected chi connectivity index (χ0v) is 19.0. The summed E-state index contributed by atoms with van der Waals surface area (Å²) in [7, 11) is 0. The summed E-state index contributed by atoms with van der Waals surface area (Å²) in [6.07, 6.45) is 6.47. The molecule has 2 rings (SSSR count). The van der Waals surface area contributed by atoms with E-state index in [4.69, 9.17) is 11.7 Å². The number of hydrogen-bond donors (Lipinski definition) is 2. The number of amides is 4. The monoisotopic (exact) mass is 519 g/mol. The van der Waals surface area contributed by atoms with Crippen LogP contribution in [0.15, 0.2) is 0 Å². The third-order valence-corrected chi connectivity index (χ3v) is 3.51. The van der Waals surface area contributed by atoms with Gasteiger partial charge in [-0.3, -0.25) is 34.0 Å².